The number of rotatable bonds is 0. The van der Waals surface area contributed by atoms with E-state index in [-0.39, 0.29) is 0 Å². The summed E-state index contributed by atoms with van der Waals surface area (Å²) in [5.74, 6) is 0. The zero-order chi connectivity index (χ0) is 8.67. The summed E-state index contributed by atoms with van der Waals surface area (Å²) in [6, 6.07) is 12.3. The number of benzene rings is 1. The van der Waals surface area contributed by atoms with Crippen molar-refractivity contribution in [2.24, 2.45) is 0 Å². The average Bonchev–Trinajstić information content (AvgIpc) is 2.65. The van der Waals surface area contributed by atoms with Gasteiger partial charge in [0.05, 0.1) is 17.9 Å². The molecule has 0 saturated heterocycles. The lowest BCUT2D eigenvalue weighted by molar-refractivity contribution is 1.25. The van der Waals surface area contributed by atoms with Crippen molar-refractivity contribution in [2.75, 3.05) is 0 Å². The van der Waals surface area contributed by atoms with Crippen molar-refractivity contribution in [1.29, 1.82) is 0 Å². The lowest BCUT2D eigenvalue weighted by atomic mass is 10.2. The molecule has 0 bridgehead atoms. The van der Waals surface area contributed by atoms with Crippen molar-refractivity contribution < 1.29 is 0 Å². The lowest BCUT2D eigenvalue weighted by Crippen LogP contribution is -1.85. The molecule has 0 aliphatic carbocycles. The second-order valence-corrected chi connectivity index (χ2v) is 2.97. The van der Waals surface area contributed by atoms with Crippen molar-refractivity contribution in [3.8, 4) is 0 Å². The molecule has 0 spiro atoms. The first kappa shape index (κ1) is 6.66. The van der Waals surface area contributed by atoms with Gasteiger partial charge in [0.2, 0.25) is 0 Å². The summed E-state index contributed by atoms with van der Waals surface area (Å²) in [7, 11) is 0. The minimum absolute atomic E-state index is 0.943. The van der Waals surface area contributed by atoms with Crippen molar-refractivity contribution in [3.05, 3.63) is 48.8 Å². The van der Waals surface area contributed by atoms with Gasteiger partial charge in [0.25, 0.3) is 0 Å². The molecule has 2 nitrogen and oxygen atoms in total. The number of hydrogen-bond acceptors (Lipinski definition) is 1. The highest BCUT2D eigenvalue weighted by atomic mass is 15.0. The van der Waals surface area contributed by atoms with E-state index in [1.54, 1.807) is 6.20 Å². The second kappa shape index (κ2) is 2.33. The summed E-state index contributed by atoms with van der Waals surface area (Å²) in [5.41, 5.74) is 2.09. The van der Waals surface area contributed by atoms with Crippen molar-refractivity contribution in [1.82, 2.24) is 9.38 Å². The first-order valence-corrected chi connectivity index (χ1v) is 4.18. The van der Waals surface area contributed by atoms with E-state index in [9.17, 15) is 0 Å². The van der Waals surface area contributed by atoms with Crippen LogP contribution in [0.1, 0.15) is 0 Å². The largest absolute Gasteiger partial charge is 0.291 e. The van der Waals surface area contributed by atoms with Gasteiger partial charge in [-0.3, -0.25) is 4.40 Å². The Labute approximate surface area is 75.5 Å². The Morgan fingerprint density at radius 3 is 3.00 bits per heavy atom. The van der Waals surface area contributed by atoms with Gasteiger partial charge >= 0.3 is 0 Å². The number of pyridine rings is 1. The van der Waals surface area contributed by atoms with E-state index < -0.39 is 0 Å². The van der Waals surface area contributed by atoms with Gasteiger partial charge in [-0.05, 0) is 23.6 Å². The van der Waals surface area contributed by atoms with Crippen LogP contribution in [0.25, 0.3) is 16.6 Å². The molecular weight excluding hydrogens is 160 g/mol. The second-order valence-electron chi connectivity index (χ2n) is 2.97. The third-order valence-electron chi connectivity index (χ3n) is 2.20. The maximum absolute atomic E-state index is 4.18. The van der Waals surface area contributed by atoms with Gasteiger partial charge in [0, 0.05) is 0 Å². The summed E-state index contributed by atoms with van der Waals surface area (Å²) < 4.78 is 1.97. The maximum atomic E-state index is 4.18. The summed E-state index contributed by atoms with van der Waals surface area (Å²) in [5, 5.41) is 1.21. The Balaban J connectivity index is 2.65. The first-order valence-electron chi connectivity index (χ1n) is 4.18. The van der Waals surface area contributed by atoms with Crippen LogP contribution in [-0.4, -0.2) is 9.38 Å². The first-order chi connectivity index (χ1) is 6.45. The van der Waals surface area contributed by atoms with E-state index in [0.29, 0.717) is 0 Å². The number of aromatic nitrogens is 2. The SMILES string of the molecule is [c]1cnc2ccc3ccccc3n12. The molecule has 0 unspecified atom stereocenters. The molecule has 0 aliphatic rings. The zero-order valence-corrected chi connectivity index (χ0v) is 6.94. The molecule has 2 heteroatoms. The molecule has 0 saturated carbocycles. The number of imidazole rings is 1. The van der Waals surface area contributed by atoms with Gasteiger partial charge in [-0.25, -0.2) is 4.98 Å². The smallest absolute Gasteiger partial charge is 0.137 e. The average molecular weight is 167 g/mol. The normalized spacial score (nSPS) is 11.1. The fraction of sp³-hybridized carbons (Fsp3) is 0. The lowest BCUT2D eigenvalue weighted by Gasteiger charge is -1.99. The molecule has 0 fully saturated rings. The highest BCUT2D eigenvalue weighted by Gasteiger charge is 1.97. The van der Waals surface area contributed by atoms with Gasteiger partial charge in [-0.2, -0.15) is 0 Å². The number of fused-ring (bicyclic) bond motifs is 3. The Hall–Kier alpha value is -1.83. The molecule has 0 N–H and O–H groups in total. The van der Waals surface area contributed by atoms with E-state index in [0.717, 1.165) is 11.2 Å². The number of nitrogens with zero attached hydrogens (tertiary/aromatic N) is 2. The predicted molar refractivity (Wildman–Crippen MR) is 51.5 cm³/mol. The Bertz CT molecular complexity index is 566. The number of para-hydroxylation sites is 1. The van der Waals surface area contributed by atoms with Crippen LogP contribution < -0.4 is 0 Å². The highest BCUT2D eigenvalue weighted by Crippen LogP contribution is 2.14. The molecule has 0 amide bonds. The van der Waals surface area contributed by atoms with Crippen LogP contribution in [0.4, 0.5) is 0 Å². The highest BCUT2D eigenvalue weighted by molar-refractivity contribution is 5.81. The van der Waals surface area contributed by atoms with Gasteiger partial charge in [-0.15, -0.1) is 0 Å². The van der Waals surface area contributed by atoms with Gasteiger partial charge < -0.3 is 0 Å². The minimum atomic E-state index is 0.943. The quantitative estimate of drug-likeness (QED) is 0.502. The Morgan fingerprint density at radius 2 is 2.00 bits per heavy atom. The molecule has 0 aliphatic heterocycles. The van der Waals surface area contributed by atoms with Crippen molar-refractivity contribution >= 4 is 16.6 Å². The van der Waals surface area contributed by atoms with Crippen molar-refractivity contribution in [2.45, 2.75) is 0 Å². The third kappa shape index (κ3) is 0.855. The fourth-order valence-electron chi connectivity index (χ4n) is 1.58. The van der Waals surface area contributed by atoms with Gasteiger partial charge in [0.1, 0.15) is 5.65 Å². The minimum Gasteiger partial charge on any atom is -0.291 e. The summed E-state index contributed by atoms with van der Waals surface area (Å²) >= 11 is 0. The van der Waals surface area contributed by atoms with E-state index in [2.05, 4.69) is 29.4 Å². The monoisotopic (exact) mass is 167 g/mol. The molecule has 1 aromatic carbocycles. The van der Waals surface area contributed by atoms with Crippen LogP contribution in [0, 0.1) is 6.20 Å². The third-order valence-corrected chi connectivity index (χ3v) is 2.20. The maximum Gasteiger partial charge on any atom is 0.137 e. The molecule has 3 aromatic rings. The Morgan fingerprint density at radius 1 is 1.08 bits per heavy atom. The van der Waals surface area contributed by atoms with Gasteiger partial charge in [0.15, 0.2) is 0 Å². The number of hydrogen-bond donors (Lipinski definition) is 0. The predicted octanol–water partition coefficient (Wildman–Crippen LogP) is 2.29. The van der Waals surface area contributed by atoms with Gasteiger partial charge in [-0.1, -0.05) is 18.2 Å². The van der Waals surface area contributed by atoms with E-state index in [4.69, 9.17) is 0 Å². The summed E-state index contributed by atoms with van der Waals surface area (Å²) in [6.45, 7) is 0. The van der Waals surface area contributed by atoms with E-state index in [1.807, 2.05) is 22.6 Å². The molecule has 61 valence electrons. The fourth-order valence-corrected chi connectivity index (χ4v) is 1.58. The van der Waals surface area contributed by atoms with Crippen LogP contribution in [0.15, 0.2) is 42.6 Å². The summed E-state index contributed by atoms with van der Waals surface area (Å²) in [6.07, 6.45) is 4.76. The summed E-state index contributed by atoms with van der Waals surface area (Å²) in [4.78, 5) is 4.18. The topological polar surface area (TPSA) is 17.3 Å². The molecule has 2 heterocycles. The van der Waals surface area contributed by atoms with Crippen LogP contribution in [-0.2, 0) is 0 Å². The molecule has 2 aromatic heterocycles. The standard InChI is InChI=1S/C11H7N2/c1-2-4-10-9(3-1)5-6-11-12-7-8-13(10)11/h1-7H. The Kier molecular flexibility index (Phi) is 1.19. The van der Waals surface area contributed by atoms with Crippen LogP contribution in [0.3, 0.4) is 0 Å². The van der Waals surface area contributed by atoms with E-state index >= 15 is 0 Å². The van der Waals surface area contributed by atoms with Crippen LogP contribution >= 0.6 is 0 Å². The molecule has 13 heavy (non-hydrogen) atoms. The molecule has 0 atom stereocenters. The van der Waals surface area contributed by atoms with Crippen LogP contribution in [0.5, 0.6) is 0 Å². The van der Waals surface area contributed by atoms with Crippen molar-refractivity contribution in [3.63, 3.8) is 0 Å². The van der Waals surface area contributed by atoms with E-state index in [1.165, 1.54) is 5.39 Å². The zero-order valence-electron chi connectivity index (χ0n) is 6.94. The molecular formula is C11H7N2. The molecule has 1 radical (unpaired) electrons. The molecule has 3 rings (SSSR count). The van der Waals surface area contributed by atoms with Crippen LogP contribution in [0.2, 0.25) is 0 Å².